The molecule has 0 aromatic heterocycles. The minimum atomic E-state index is -0.698. The van der Waals surface area contributed by atoms with Gasteiger partial charge in [0.25, 0.3) is 0 Å². The Bertz CT molecular complexity index is 941. The first-order valence-corrected chi connectivity index (χ1v) is 9.81. The first-order chi connectivity index (χ1) is 14.7. The van der Waals surface area contributed by atoms with Gasteiger partial charge >= 0.3 is 5.97 Å². The van der Waals surface area contributed by atoms with Gasteiger partial charge in [0.15, 0.2) is 6.61 Å². The van der Waals surface area contributed by atoms with Crippen molar-refractivity contribution < 1.29 is 28.8 Å². The molecule has 6 nitrogen and oxygen atoms in total. The molecule has 0 heterocycles. The molecule has 1 N–H and O–H groups in total. The molecular formula is C24H26O6. The summed E-state index contributed by atoms with van der Waals surface area (Å²) in [6.45, 7) is 0.713. The summed E-state index contributed by atoms with van der Waals surface area (Å²) in [7, 11) is 1.33. The van der Waals surface area contributed by atoms with E-state index in [1.807, 2.05) is 66.7 Å². The topological polar surface area (TPSA) is 74.2 Å². The molecule has 158 valence electrons. The average Bonchev–Trinajstić information content (AvgIpc) is 2.79. The zero-order valence-corrected chi connectivity index (χ0v) is 17.0. The van der Waals surface area contributed by atoms with Crippen molar-refractivity contribution in [1.82, 2.24) is 0 Å². The van der Waals surface area contributed by atoms with Crippen molar-refractivity contribution in [2.24, 2.45) is 0 Å². The molecule has 0 aliphatic carbocycles. The van der Waals surface area contributed by atoms with Crippen molar-refractivity contribution in [3.05, 3.63) is 72.3 Å². The molecule has 0 aliphatic heterocycles. The van der Waals surface area contributed by atoms with Crippen LogP contribution in [0.4, 0.5) is 0 Å². The van der Waals surface area contributed by atoms with E-state index in [9.17, 15) is 9.90 Å². The molecule has 0 saturated heterocycles. The number of esters is 1. The van der Waals surface area contributed by atoms with Crippen molar-refractivity contribution in [2.45, 2.75) is 12.5 Å². The largest absolute Gasteiger partial charge is 0.491 e. The van der Waals surface area contributed by atoms with Gasteiger partial charge in [-0.2, -0.15) is 0 Å². The number of methoxy groups -OCH3 is 1. The molecule has 3 aromatic carbocycles. The fourth-order valence-electron chi connectivity index (χ4n) is 3.04. The molecule has 3 rings (SSSR count). The Morgan fingerprint density at radius 1 is 0.900 bits per heavy atom. The van der Waals surface area contributed by atoms with Gasteiger partial charge < -0.3 is 24.1 Å². The van der Waals surface area contributed by atoms with Crippen LogP contribution in [-0.4, -0.2) is 50.7 Å². The second kappa shape index (κ2) is 11.2. The van der Waals surface area contributed by atoms with Gasteiger partial charge in [-0.05, 0) is 35.6 Å². The summed E-state index contributed by atoms with van der Waals surface area (Å²) in [6.07, 6.45) is -0.0135. The Morgan fingerprint density at radius 2 is 1.67 bits per heavy atom. The molecule has 1 atom stereocenters. The number of ether oxygens (including phenoxy) is 4. The maximum Gasteiger partial charge on any atom is 0.343 e. The lowest BCUT2D eigenvalue weighted by Crippen LogP contribution is -2.24. The predicted molar refractivity (Wildman–Crippen MR) is 114 cm³/mol. The molecule has 0 saturated carbocycles. The molecular weight excluding hydrogens is 384 g/mol. The van der Waals surface area contributed by atoms with Gasteiger partial charge in [0.1, 0.15) is 24.2 Å². The van der Waals surface area contributed by atoms with E-state index in [-0.39, 0.29) is 19.8 Å². The lowest BCUT2D eigenvalue weighted by Gasteiger charge is -2.14. The van der Waals surface area contributed by atoms with Gasteiger partial charge in [0.05, 0.1) is 20.3 Å². The third-order valence-electron chi connectivity index (χ3n) is 4.56. The van der Waals surface area contributed by atoms with Crippen LogP contribution in [0.1, 0.15) is 5.56 Å². The number of carbonyl (C=O) groups excluding carboxylic acids is 1. The van der Waals surface area contributed by atoms with Crippen LogP contribution in [0.2, 0.25) is 0 Å². The van der Waals surface area contributed by atoms with E-state index in [4.69, 9.17) is 14.2 Å². The molecule has 0 amide bonds. The number of para-hydroxylation sites is 1. The maximum atomic E-state index is 11.4. The number of aliphatic hydroxyl groups excluding tert-OH is 1. The average molecular weight is 410 g/mol. The highest BCUT2D eigenvalue weighted by Crippen LogP contribution is 2.28. The van der Waals surface area contributed by atoms with Crippen LogP contribution >= 0.6 is 0 Å². The monoisotopic (exact) mass is 410 g/mol. The quantitative estimate of drug-likeness (QED) is 0.386. The molecule has 0 fully saturated rings. The second-order valence-corrected chi connectivity index (χ2v) is 6.74. The van der Waals surface area contributed by atoms with Crippen LogP contribution in [-0.2, 0) is 20.7 Å². The van der Waals surface area contributed by atoms with Gasteiger partial charge in [0.2, 0.25) is 0 Å². The van der Waals surface area contributed by atoms with E-state index in [2.05, 4.69) is 4.74 Å². The maximum absolute atomic E-state index is 11.4. The highest BCUT2D eigenvalue weighted by molar-refractivity contribution is 5.91. The fraction of sp³-hybridized carbons (Fsp3) is 0.292. The molecule has 1 unspecified atom stereocenters. The number of benzene rings is 3. The third kappa shape index (κ3) is 6.20. The zero-order valence-electron chi connectivity index (χ0n) is 17.0. The predicted octanol–water partition coefficient (Wildman–Crippen LogP) is 3.39. The van der Waals surface area contributed by atoms with E-state index in [1.165, 1.54) is 7.11 Å². The van der Waals surface area contributed by atoms with Gasteiger partial charge in [-0.3, -0.25) is 0 Å². The molecule has 0 radical (unpaired) electrons. The number of hydrogen-bond acceptors (Lipinski definition) is 6. The molecule has 0 aliphatic rings. The first-order valence-electron chi connectivity index (χ1n) is 9.81. The highest BCUT2D eigenvalue weighted by Gasteiger charge is 2.09. The normalized spacial score (nSPS) is 11.8. The van der Waals surface area contributed by atoms with E-state index >= 15 is 0 Å². The molecule has 6 heteroatoms. The van der Waals surface area contributed by atoms with Crippen LogP contribution in [0.25, 0.3) is 10.8 Å². The highest BCUT2D eigenvalue weighted by atomic mass is 16.6. The Morgan fingerprint density at radius 3 is 2.47 bits per heavy atom. The van der Waals surface area contributed by atoms with Crippen LogP contribution < -0.4 is 9.47 Å². The van der Waals surface area contributed by atoms with Crippen LogP contribution in [0.15, 0.2) is 66.7 Å². The summed E-state index contributed by atoms with van der Waals surface area (Å²) in [6, 6.07) is 21.0. The van der Waals surface area contributed by atoms with Gasteiger partial charge in [-0.1, -0.05) is 48.5 Å². The lowest BCUT2D eigenvalue weighted by molar-refractivity contribution is -0.142. The standard InChI is InChI=1S/C24H26O6/c1-27-24(26)17-30-23-12-6-10-21-18(7-5-11-22(21)23)13-14-28-15-19(25)16-29-20-8-3-2-4-9-20/h2-12,19,25H,13-17H2,1H3. The Labute approximate surface area is 175 Å². The van der Waals surface area contributed by atoms with Crippen molar-refractivity contribution in [3.8, 4) is 11.5 Å². The minimum absolute atomic E-state index is 0.133. The second-order valence-electron chi connectivity index (χ2n) is 6.74. The van der Waals surface area contributed by atoms with E-state index in [0.29, 0.717) is 18.8 Å². The van der Waals surface area contributed by atoms with Gasteiger partial charge in [0, 0.05) is 5.39 Å². The third-order valence-corrected chi connectivity index (χ3v) is 4.56. The van der Waals surface area contributed by atoms with E-state index < -0.39 is 12.1 Å². The Kier molecular flexibility index (Phi) is 8.06. The summed E-state index contributed by atoms with van der Waals surface area (Å²) in [4.78, 5) is 11.4. The summed E-state index contributed by atoms with van der Waals surface area (Å²) in [5.41, 5.74) is 1.10. The fourth-order valence-corrected chi connectivity index (χ4v) is 3.04. The number of carbonyl (C=O) groups is 1. The number of hydrogen-bond donors (Lipinski definition) is 1. The smallest absolute Gasteiger partial charge is 0.343 e. The number of fused-ring (bicyclic) bond motifs is 1. The molecule has 30 heavy (non-hydrogen) atoms. The number of aliphatic hydroxyl groups is 1. The van der Waals surface area contributed by atoms with E-state index in [1.54, 1.807) is 0 Å². The van der Waals surface area contributed by atoms with Crippen molar-refractivity contribution in [2.75, 3.05) is 33.5 Å². The van der Waals surface area contributed by atoms with Gasteiger partial charge in [-0.15, -0.1) is 0 Å². The van der Waals surface area contributed by atoms with Crippen LogP contribution in [0.3, 0.4) is 0 Å². The van der Waals surface area contributed by atoms with Crippen molar-refractivity contribution >= 4 is 16.7 Å². The Hall–Kier alpha value is -3.09. The summed E-state index contributed by atoms with van der Waals surface area (Å²) in [5, 5.41) is 12.0. The van der Waals surface area contributed by atoms with Crippen molar-refractivity contribution in [1.29, 1.82) is 0 Å². The van der Waals surface area contributed by atoms with Crippen molar-refractivity contribution in [3.63, 3.8) is 0 Å². The summed E-state index contributed by atoms with van der Waals surface area (Å²) >= 11 is 0. The number of rotatable bonds is 11. The summed E-state index contributed by atoms with van der Waals surface area (Å²) < 4.78 is 21.4. The lowest BCUT2D eigenvalue weighted by atomic mass is 10.0. The molecule has 0 spiro atoms. The van der Waals surface area contributed by atoms with Gasteiger partial charge in [-0.25, -0.2) is 4.79 Å². The minimum Gasteiger partial charge on any atom is -0.491 e. The first kappa shape index (κ1) is 21.6. The van der Waals surface area contributed by atoms with Crippen LogP contribution in [0, 0.1) is 0 Å². The SMILES string of the molecule is COC(=O)COc1cccc2c(CCOCC(O)COc3ccccc3)cccc12. The zero-order chi connectivity index (χ0) is 21.2. The van der Waals surface area contributed by atoms with E-state index in [0.717, 1.165) is 22.1 Å². The molecule has 3 aromatic rings. The Balaban J connectivity index is 1.50. The van der Waals surface area contributed by atoms with Crippen LogP contribution in [0.5, 0.6) is 11.5 Å². The summed E-state index contributed by atoms with van der Waals surface area (Å²) in [5.74, 6) is 0.929. The molecule has 0 bridgehead atoms.